The van der Waals surface area contributed by atoms with Crippen LogP contribution in [-0.4, -0.2) is 36.2 Å². The van der Waals surface area contributed by atoms with E-state index in [9.17, 15) is 22.8 Å². The standard InChI is InChI=1S/C15H17F3N2O3/c16-15(17,18)7-10-2-1-3-11(6-10)20-13(23)12(22)19-8-14(9-21)4-5-14/h1-3,6,21H,4-5,7-9H2,(H,19,22)(H,20,23). The largest absolute Gasteiger partial charge is 0.396 e. The van der Waals surface area contributed by atoms with Gasteiger partial charge in [-0.05, 0) is 30.5 Å². The number of aliphatic hydroxyl groups is 1. The van der Waals surface area contributed by atoms with Crippen molar-refractivity contribution in [3.8, 4) is 0 Å². The van der Waals surface area contributed by atoms with Gasteiger partial charge >= 0.3 is 18.0 Å². The number of benzene rings is 1. The third-order valence-corrected chi connectivity index (χ3v) is 3.71. The quantitative estimate of drug-likeness (QED) is 0.718. The van der Waals surface area contributed by atoms with E-state index in [2.05, 4.69) is 10.6 Å². The van der Waals surface area contributed by atoms with E-state index in [1.165, 1.54) is 24.3 Å². The van der Waals surface area contributed by atoms with Crippen molar-refractivity contribution < 1.29 is 27.9 Å². The molecule has 1 aliphatic carbocycles. The number of carbonyl (C=O) groups is 2. The molecule has 0 aliphatic heterocycles. The maximum Gasteiger partial charge on any atom is 0.393 e. The number of halogens is 3. The summed E-state index contributed by atoms with van der Waals surface area (Å²) in [4.78, 5) is 23.4. The normalized spacial score (nSPS) is 15.8. The molecule has 126 valence electrons. The number of alkyl halides is 3. The number of aliphatic hydroxyl groups excluding tert-OH is 1. The molecule has 2 amide bonds. The van der Waals surface area contributed by atoms with Crippen LogP contribution in [0.15, 0.2) is 24.3 Å². The molecule has 8 heteroatoms. The fraction of sp³-hybridized carbons (Fsp3) is 0.467. The number of amides is 2. The molecule has 1 saturated carbocycles. The first kappa shape index (κ1) is 17.3. The van der Waals surface area contributed by atoms with Gasteiger partial charge in [-0.3, -0.25) is 9.59 Å². The minimum atomic E-state index is -4.34. The first-order valence-electron chi connectivity index (χ1n) is 7.09. The van der Waals surface area contributed by atoms with E-state index in [1.807, 2.05) is 0 Å². The Bertz CT molecular complexity index is 598. The van der Waals surface area contributed by atoms with E-state index in [0.29, 0.717) is 0 Å². The van der Waals surface area contributed by atoms with Gasteiger partial charge in [-0.1, -0.05) is 12.1 Å². The summed E-state index contributed by atoms with van der Waals surface area (Å²) in [6.45, 7) is 0.137. The Morgan fingerprint density at radius 2 is 1.91 bits per heavy atom. The van der Waals surface area contributed by atoms with E-state index in [0.717, 1.165) is 12.8 Å². The number of carbonyl (C=O) groups excluding carboxylic acids is 2. The molecule has 1 aliphatic rings. The van der Waals surface area contributed by atoms with Crippen molar-refractivity contribution in [1.82, 2.24) is 5.32 Å². The van der Waals surface area contributed by atoms with Crippen LogP contribution in [-0.2, 0) is 16.0 Å². The Labute approximate surface area is 130 Å². The molecule has 0 unspecified atom stereocenters. The molecule has 23 heavy (non-hydrogen) atoms. The van der Waals surface area contributed by atoms with Gasteiger partial charge < -0.3 is 15.7 Å². The first-order valence-corrected chi connectivity index (χ1v) is 7.09. The molecule has 5 nitrogen and oxygen atoms in total. The fourth-order valence-electron chi connectivity index (χ4n) is 2.09. The summed E-state index contributed by atoms with van der Waals surface area (Å²) < 4.78 is 37.0. The van der Waals surface area contributed by atoms with Crippen molar-refractivity contribution in [2.24, 2.45) is 5.41 Å². The maximum absolute atomic E-state index is 12.3. The van der Waals surface area contributed by atoms with E-state index < -0.39 is 24.4 Å². The van der Waals surface area contributed by atoms with Gasteiger partial charge in [-0.2, -0.15) is 13.2 Å². The van der Waals surface area contributed by atoms with E-state index in [1.54, 1.807) is 0 Å². The Morgan fingerprint density at radius 3 is 2.48 bits per heavy atom. The van der Waals surface area contributed by atoms with Gasteiger partial charge in [0, 0.05) is 17.6 Å². The summed E-state index contributed by atoms with van der Waals surface area (Å²) in [5, 5.41) is 13.8. The van der Waals surface area contributed by atoms with Crippen LogP contribution in [0.2, 0.25) is 0 Å². The predicted molar refractivity (Wildman–Crippen MR) is 76.6 cm³/mol. The molecule has 1 aromatic carbocycles. The molecule has 0 heterocycles. The van der Waals surface area contributed by atoms with Gasteiger partial charge in [0.15, 0.2) is 0 Å². The zero-order valence-corrected chi connectivity index (χ0v) is 12.2. The lowest BCUT2D eigenvalue weighted by Crippen LogP contribution is -2.39. The number of hydrogen-bond acceptors (Lipinski definition) is 3. The minimum absolute atomic E-state index is 0.00655. The second-order valence-corrected chi connectivity index (χ2v) is 5.79. The van der Waals surface area contributed by atoms with Crippen molar-refractivity contribution >= 4 is 17.5 Å². The van der Waals surface area contributed by atoms with E-state index >= 15 is 0 Å². The molecule has 1 aromatic rings. The van der Waals surface area contributed by atoms with Gasteiger partial charge in [0.1, 0.15) is 0 Å². The second kappa shape index (κ2) is 6.57. The van der Waals surface area contributed by atoms with Gasteiger partial charge in [0.25, 0.3) is 0 Å². The topological polar surface area (TPSA) is 78.4 Å². The predicted octanol–water partition coefficient (Wildman–Crippen LogP) is 1.62. The molecular weight excluding hydrogens is 313 g/mol. The average molecular weight is 330 g/mol. The highest BCUT2D eigenvalue weighted by Crippen LogP contribution is 2.44. The molecule has 1 fully saturated rings. The lowest BCUT2D eigenvalue weighted by molar-refractivity contribution is -0.136. The lowest BCUT2D eigenvalue weighted by Gasteiger charge is -2.13. The summed E-state index contributed by atoms with van der Waals surface area (Å²) >= 11 is 0. The summed E-state index contributed by atoms with van der Waals surface area (Å²) in [6, 6.07) is 5.25. The highest BCUT2D eigenvalue weighted by molar-refractivity contribution is 6.39. The Kier molecular flexibility index (Phi) is 4.93. The Hall–Kier alpha value is -2.09. The number of rotatable bonds is 5. The minimum Gasteiger partial charge on any atom is -0.396 e. The third kappa shape index (κ3) is 5.24. The second-order valence-electron chi connectivity index (χ2n) is 5.79. The van der Waals surface area contributed by atoms with Gasteiger partial charge in [-0.25, -0.2) is 0 Å². The van der Waals surface area contributed by atoms with Crippen LogP contribution >= 0.6 is 0 Å². The van der Waals surface area contributed by atoms with Gasteiger partial charge in [0.2, 0.25) is 0 Å². The zero-order chi connectivity index (χ0) is 17.1. The highest BCUT2D eigenvalue weighted by atomic mass is 19.4. The maximum atomic E-state index is 12.3. The van der Waals surface area contributed by atoms with Crippen molar-refractivity contribution in [2.75, 3.05) is 18.5 Å². The van der Waals surface area contributed by atoms with Crippen LogP contribution in [0.4, 0.5) is 18.9 Å². The lowest BCUT2D eigenvalue weighted by atomic mass is 10.1. The molecule has 0 spiro atoms. The molecule has 0 radical (unpaired) electrons. The van der Waals surface area contributed by atoms with Gasteiger partial charge in [-0.15, -0.1) is 0 Å². The Balaban J connectivity index is 1.89. The third-order valence-electron chi connectivity index (χ3n) is 3.71. The van der Waals surface area contributed by atoms with Crippen LogP contribution in [0, 0.1) is 5.41 Å². The number of anilines is 1. The number of hydrogen-bond donors (Lipinski definition) is 3. The molecule has 2 rings (SSSR count). The summed E-state index contributed by atoms with van der Waals surface area (Å²) in [7, 11) is 0. The average Bonchev–Trinajstić information content (AvgIpc) is 3.24. The van der Waals surface area contributed by atoms with Crippen LogP contribution in [0.1, 0.15) is 18.4 Å². The smallest absolute Gasteiger partial charge is 0.393 e. The SMILES string of the molecule is O=C(NCC1(CO)CC1)C(=O)Nc1cccc(CC(F)(F)F)c1. The summed E-state index contributed by atoms with van der Waals surface area (Å²) in [6.07, 6.45) is -3.89. The summed E-state index contributed by atoms with van der Waals surface area (Å²) in [5.74, 6) is -1.84. The highest BCUT2D eigenvalue weighted by Gasteiger charge is 2.42. The van der Waals surface area contributed by atoms with Crippen LogP contribution < -0.4 is 10.6 Å². The van der Waals surface area contributed by atoms with Crippen molar-refractivity contribution in [3.63, 3.8) is 0 Å². The van der Waals surface area contributed by atoms with Crippen molar-refractivity contribution in [1.29, 1.82) is 0 Å². The first-order chi connectivity index (χ1) is 10.7. The Morgan fingerprint density at radius 1 is 1.22 bits per heavy atom. The molecule has 0 atom stereocenters. The van der Waals surface area contributed by atoms with Crippen LogP contribution in [0.25, 0.3) is 0 Å². The van der Waals surface area contributed by atoms with Gasteiger partial charge in [0.05, 0.1) is 13.0 Å². The zero-order valence-electron chi connectivity index (χ0n) is 12.2. The molecule has 0 saturated heterocycles. The van der Waals surface area contributed by atoms with E-state index in [-0.39, 0.29) is 29.8 Å². The molecular formula is C15H17F3N2O3. The molecule has 0 aromatic heterocycles. The molecule has 0 bridgehead atoms. The monoisotopic (exact) mass is 330 g/mol. The fourth-order valence-corrected chi connectivity index (χ4v) is 2.09. The van der Waals surface area contributed by atoms with Crippen LogP contribution in [0.5, 0.6) is 0 Å². The number of nitrogens with one attached hydrogen (secondary N) is 2. The van der Waals surface area contributed by atoms with Crippen LogP contribution in [0.3, 0.4) is 0 Å². The van der Waals surface area contributed by atoms with E-state index in [4.69, 9.17) is 5.11 Å². The van der Waals surface area contributed by atoms with Crippen molar-refractivity contribution in [2.45, 2.75) is 25.4 Å². The molecule has 3 N–H and O–H groups in total. The van der Waals surface area contributed by atoms with Crippen molar-refractivity contribution in [3.05, 3.63) is 29.8 Å². The summed E-state index contributed by atoms with van der Waals surface area (Å²) in [5.41, 5.74) is -0.217.